The number of benzene rings is 3. The minimum atomic E-state index is -3.70. The zero-order valence-corrected chi connectivity index (χ0v) is 18.8. The molecule has 0 aliphatic heterocycles. The van der Waals surface area contributed by atoms with Gasteiger partial charge in [0.2, 0.25) is 15.9 Å². The lowest BCUT2D eigenvalue weighted by Crippen LogP contribution is -2.24. The van der Waals surface area contributed by atoms with Crippen molar-refractivity contribution in [1.29, 1.82) is 0 Å². The summed E-state index contributed by atoms with van der Waals surface area (Å²) < 4.78 is 37.0. The second-order valence-electron chi connectivity index (χ2n) is 6.99. The quantitative estimate of drug-likeness (QED) is 0.510. The van der Waals surface area contributed by atoms with Gasteiger partial charge in [-0.05, 0) is 54.6 Å². The number of hydrogen-bond donors (Lipinski definition) is 2. The largest absolute Gasteiger partial charge is 0.495 e. The lowest BCUT2D eigenvalue weighted by molar-refractivity contribution is -0.114. The normalized spacial score (nSPS) is 11.1. The average molecular weight is 456 g/mol. The Morgan fingerprint density at radius 2 is 1.53 bits per heavy atom. The molecule has 8 nitrogen and oxygen atoms in total. The number of methoxy groups -OCH3 is 1. The predicted molar refractivity (Wildman–Crippen MR) is 124 cm³/mol. The van der Waals surface area contributed by atoms with Gasteiger partial charge in [0.25, 0.3) is 0 Å². The van der Waals surface area contributed by atoms with E-state index in [0.29, 0.717) is 17.1 Å². The van der Waals surface area contributed by atoms with Gasteiger partial charge in [-0.25, -0.2) is 12.7 Å². The highest BCUT2D eigenvalue weighted by molar-refractivity contribution is 7.89. The summed E-state index contributed by atoms with van der Waals surface area (Å²) in [5.41, 5.74) is 1.09. The molecule has 0 spiro atoms. The molecule has 0 atom stereocenters. The molecule has 0 unspecified atom stereocenters. The van der Waals surface area contributed by atoms with Crippen LogP contribution in [0.3, 0.4) is 0 Å². The molecule has 0 saturated heterocycles. The van der Waals surface area contributed by atoms with E-state index in [0.717, 1.165) is 10.1 Å². The summed E-state index contributed by atoms with van der Waals surface area (Å²) >= 11 is 0. The molecule has 2 N–H and O–H groups in total. The third-order valence-electron chi connectivity index (χ3n) is 4.49. The molecular weight excluding hydrogens is 430 g/mol. The minimum absolute atomic E-state index is 0.0180. The van der Waals surface area contributed by atoms with Crippen molar-refractivity contribution in [3.05, 3.63) is 72.8 Å². The molecule has 168 valence electrons. The van der Waals surface area contributed by atoms with Crippen molar-refractivity contribution in [2.75, 3.05) is 38.4 Å². The molecule has 32 heavy (non-hydrogen) atoms. The topological polar surface area (TPSA) is 97.0 Å². The maximum Gasteiger partial charge on any atom is 0.246 e. The Labute approximate surface area is 187 Å². The van der Waals surface area contributed by atoms with E-state index in [9.17, 15) is 13.2 Å². The van der Waals surface area contributed by atoms with Gasteiger partial charge in [0.1, 0.15) is 22.1 Å². The first-order chi connectivity index (χ1) is 15.3. The Morgan fingerprint density at radius 3 is 2.16 bits per heavy atom. The molecule has 0 saturated carbocycles. The van der Waals surface area contributed by atoms with Crippen molar-refractivity contribution in [3.8, 4) is 17.2 Å². The first-order valence-corrected chi connectivity index (χ1v) is 11.2. The maximum absolute atomic E-state index is 12.5. The number of anilines is 2. The van der Waals surface area contributed by atoms with E-state index in [4.69, 9.17) is 9.47 Å². The molecule has 0 aliphatic carbocycles. The zero-order chi connectivity index (χ0) is 23.1. The average Bonchev–Trinajstić information content (AvgIpc) is 2.79. The number of sulfonamides is 1. The van der Waals surface area contributed by atoms with Crippen molar-refractivity contribution >= 4 is 27.3 Å². The summed E-state index contributed by atoms with van der Waals surface area (Å²) in [7, 11) is 0.589. The molecule has 0 aliphatic rings. The summed E-state index contributed by atoms with van der Waals surface area (Å²) in [6.07, 6.45) is 0. The number of amides is 1. The Kier molecular flexibility index (Phi) is 7.34. The van der Waals surface area contributed by atoms with Crippen molar-refractivity contribution in [1.82, 2.24) is 4.31 Å². The van der Waals surface area contributed by atoms with Crippen LogP contribution in [0.1, 0.15) is 0 Å². The second-order valence-corrected chi connectivity index (χ2v) is 9.11. The van der Waals surface area contributed by atoms with Gasteiger partial charge in [-0.3, -0.25) is 4.79 Å². The molecule has 0 radical (unpaired) electrons. The standard InChI is InChI=1S/C23H25N3O5S/c1-26(2)32(28,29)22-15-18(11-14-21(22)30-3)24-16-23(27)25-17-9-12-20(13-10-17)31-19-7-5-4-6-8-19/h4-15,24H,16H2,1-3H3,(H,25,27). The van der Waals surface area contributed by atoms with Gasteiger partial charge in [-0.1, -0.05) is 18.2 Å². The highest BCUT2D eigenvalue weighted by Crippen LogP contribution is 2.29. The molecule has 1 amide bonds. The Bertz CT molecular complexity index is 1160. The molecule has 0 bridgehead atoms. The molecule has 0 heterocycles. The van der Waals surface area contributed by atoms with Crippen LogP contribution < -0.4 is 20.1 Å². The highest BCUT2D eigenvalue weighted by Gasteiger charge is 2.22. The van der Waals surface area contributed by atoms with Gasteiger partial charge < -0.3 is 20.1 Å². The third kappa shape index (κ3) is 5.77. The van der Waals surface area contributed by atoms with Crippen LogP contribution in [0.4, 0.5) is 11.4 Å². The number of nitrogens with zero attached hydrogens (tertiary/aromatic N) is 1. The van der Waals surface area contributed by atoms with Gasteiger partial charge in [0.15, 0.2) is 0 Å². The van der Waals surface area contributed by atoms with Crippen molar-refractivity contribution in [2.24, 2.45) is 0 Å². The van der Waals surface area contributed by atoms with Crippen molar-refractivity contribution in [3.63, 3.8) is 0 Å². The van der Waals surface area contributed by atoms with Gasteiger partial charge in [0, 0.05) is 25.5 Å². The van der Waals surface area contributed by atoms with Crippen LogP contribution >= 0.6 is 0 Å². The van der Waals surface area contributed by atoms with E-state index in [2.05, 4.69) is 10.6 Å². The van der Waals surface area contributed by atoms with Crippen LogP contribution in [-0.2, 0) is 14.8 Å². The molecule has 0 aromatic heterocycles. The first kappa shape index (κ1) is 23.1. The Balaban J connectivity index is 1.60. The second kappa shape index (κ2) is 10.2. The number of para-hydroxylation sites is 1. The van der Waals surface area contributed by atoms with E-state index < -0.39 is 10.0 Å². The summed E-state index contributed by atoms with van der Waals surface area (Å²) in [5, 5.41) is 5.72. The fourth-order valence-corrected chi connectivity index (χ4v) is 3.88. The highest BCUT2D eigenvalue weighted by atomic mass is 32.2. The molecule has 0 fully saturated rings. The predicted octanol–water partition coefficient (Wildman–Crippen LogP) is 3.79. The number of carbonyl (C=O) groups excluding carboxylic acids is 1. The van der Waals surface area contributed by atoms with Gasteiger partial charge >= 0.3 is 0 Å². The van der Waals surface area contributed by atoms with Gasteiger partial charge in [-0.2, -0.15) is 0 Å². The molecular formula is C23H25N3O5S. The number of ether oxygens (including phenoxy) is 2. The fraction of sp³-hybridized carbons (Fsp3) is 0.174. The van der Waals surface area contributed by atoms with Crippen molar-refractivity contribution < 1.29 is 22.7 Å². The lowest BCUT2D eigenvalue weighted by Gasteiger charge is -2.16. The Hall–Kier alpha value is -3.56. The van der Waals surface area contributed by atoms with Gasteiger partial charge in [-0.15, -0.1) is 0 Å². The number of rotatable bonds is 9. The number of nitrogens with one attached hydrogen (secondary N) is 2. The number of carbonyl (C=O) groups is 1. The molecule has 3 rings (SSSR count). The van der Waals surface area contributed by atoms with Crippen LogP contribution in [0, 0.1) is 0 Å². The molecule has 9 heteroatoms. The van der Waals surface area contributed by atoms with Crippen LogP contribution in [-0.4, -0.2) is 46.4 Å². The number of hydrogen-bond acceptors (Lipinski definition) is 6. The summed E-state index contributed by atoms with van der Waals surface area (Å²) in [4.78, 5) is 12.3. The smallest absolute Gasteiger partial charge is 0.246 e. The van der Waals surface area contributed by atoms with E-state index >= 15 is 0 Å². The lowest BCUT2D eigenvalue weighted by atomic mass is 10.3. The zero-order valence-electron chi connectivity index (χ0n) is 18.0. The molecule has 3 aromatic carbocycles. The van der Waals surface area contributed by atoms with E-state index in [1.807, 2.05) is 30.3 Å². The van der Waals surface area contributed by atoms with E-state index in [-0.39, 0.29) is 23.1 Å². The minimum Gasteiger partial charge on any atom is -0.495 e. The summed E-state index contributed by atoms with van der Waals surface area (Å²) in [6, 6.07) is 21.0. The van der Waals surface area contributed by atoms with Crippen LogP contribution in [0.2, 0.25) is 0 Å². The van der Waals surface area contributed by atoms with Crippen LogP contribution in [0.15, 0.2) is 77.7 Å². The summed E-state index contributed by atoms with van der Waals surface area (Å²) in [6.45, 7) is -0.0456. The fourth-order valence-electron chi connectivity index (χ4n) is 2.80. The van der Waals surface area contributed by atoms with Crippen LogP contribution in [0.5, 0.6) is 17.2 Å². The van der Waals surface area contributed by atoms with Gasteiger partial charge in [0.05, 0.1) is 13.7 Å². The maximum atomic E-state index is 12.5. The van der Waals surface area contributed by atoms with Crippen molar-refractivity contribution in [2.45, 2.75) is 4.90 Å². The molecule has 3 aromatic rings. The van der Waals surface area contributed by atoms with E-state index in [1.165, 1.54) is 27.3 Å². The Morgan fingerprint density at radius 1 is 0.906 bits per heavy atom. The van der Waals surface area contributed by atoms with Crippen LogP contribution in [0.25, 0.3) is 0 Å². The van der Waals surface area contributed by atoms with E-state index in [1.54, 1.807) is 36.4 Å². The SMILES string of the molecule is COc1ccc(NCC(=O)Nc2ccc(Oc3ccccc3)cc2)cc1S(=O)(=O)N(C)C. The summed E-state index contributed by atoms with van der Waals surface area (Å²) in [5.74, 6) is 1.32. The first-order valence-electron chi connectivity index (χ1n) is 9.77. The third-order valence-corrected chi connectivity index (χ3v) is 6.33. The monoisotopic (exact) mass is 455 g/mol.